The summed E-state index contributed by atoms with van der Waals surface area (Å²) in [5, 5.41) is 5.72. The number of fused-ring (bicyclic) bond motifs is 1. The fourth-order valence-corrected chi connectivity index (χ4v) is 2.35. The molecule has 0 amide bonds. The lowest BCUT2D eigenvalue weighted by molar-refractivity contribution is 0.438. The van der Waals surface area contributed by atoms with Crippen molar-refractivity contribution < 1.29 is 4.39 Å². The number of rotatable bonds is 4. The van der Waals surface area contributed by atoms with E-state index in [1.54, 1.807) is 6.07 Å². The van der Waals surface area contributed by atoms with Gasteiger partial charge in [0, 0.05) is 5.39 Å². The van der Waals surface area contributed by atoms with Crippen molar-refractivity contribution in [3.05, 3.63) is 29.7 Å². The Kier molecular flexibility index (Phi) is 3.46. The average molecular weight is 234 g/mol. The van der Waals surface area contributed by atoms with Gasteiger partial charge in [-0.15, -0.1) is 0 Å². The van der Waals surface area contributed by atoms with Gasteiger partial charge in [0.15, 0.2) is 0 Å². The van der Waals surface area contributed by atoms with Crippen LogP contribution in [0.2, 0.25) is 0 Å². The van der Waals surface area contributed by atoms with Crippen molar-refractivity contribution >= 4 is 10.9 Å². The van der Waals surface area contributed by atoms with E-state index >= 15 is 0 Å². The first kappa shape index (κ1) is 12.1. The van der Waals surface area contributed by atoms with Gasteiger partial charge in [-0.25, -0.2) is 4.39 Å². The van der Waals surface area contributed by atoms with Crippen molar-refractivity contribution in [2.75, 3.05) is 0 Å². The maximum absolute atomic E-state index is 13.4. The van der Waals surface area contributed by atoms with Crippen molar-refractivity contribution in [1.29, 1.82) is 0 Å². The quantitative estimate of drug-likeness (QED) is 0.778. The van der Waals surface area contributed by atoms with E-state index in [0.717, 1.165) is 35.9 Å². The molecule has 2 aromatic rings. The Morgan fingerprint density at radius 2 is 1.94 bits per heavy atom. The van der Waals surface area contributed by atoms with E-state index in [1.165, 1.54) is 6.07 Å². The third-order valence-corrected chi connectivity index (χ3v) is 3.37. The summed E-state index contributed by atoms with van der Waals surface area (Å²) in [6, 6.07) is 5.31. The number of hydrogen-bond donors (Lipinski definition) is 0. The van der Waals surface area contributed by atoms with Gasteiger partial charge in [-0.3, -0.25) is 4.68 Å². The molecule has 0 aliphatic carbocycles. The third-order valence-electron chi connectivity index (χ3n) is 3.37. The monoisotopic (exact) mass is 234 g/mol. The first-order valence-corrected chi connectivity index (χ1v) is 6.37. The zero-order chi connectivity index (χ0) is 12.4. The summed E-state index contributed by atoms with van der Waals surface area (Å²) in [5.41, 5.74) is 1.99. The van der Waals surface area contributed by atoms with Crippen LogP contribution in [0.5, 0.6) is 0 Å². The van der Waals surface area contributed by atoms with Crippen molar-refractivity contribution in [3.8, 4) is 0 Å². The number of aryl methyl sites for hydroxylation is 1. The predicted molar refractivity (Wildman–Crippen MR) is 68.7 cm³/mol. The lowest BCUT2D eigenvalue weighted by Crippen LogP contribution is -2.08. The van der Waals surface area contributed by atoms with Gasteiger partial charge in [-0.2, -0.15) is 5.10 Å². The maximum Gasteiger partial charge on any atom is 0.125 e. The van der Waals surface area contributed by atoms with Crippen LogP contribution in [0.25, 0.3) is 10.9 Å². The fraction of sp³-hybridized carbons (Fsp3) is 0.500. The van der Waals surface area contributed by atoms with Gasteiger partial charge >= 0.3 is 0 Å². The molecule has 92 valence electrons. The molecule has 0 saturated heterocycles. The molecular formula is C14H19FN2. The molecule has 0 aliphatic rings. The second kappa shape index (κ2) is 4.86. The van der Waals surface area contributed by atoms with Gasteiger partial charge in [-0.05, 0) is 37.5 Å². The Hall–Kier alpha value is -1.38. The zero-order valence-electron chi connectivity index (χ0n) is 10.7. The largest absolute Gasteiger partial charge is 0.261 e. The van der Waals surface area contributed by atoms with Gasteiger partial charge in [-0.1, -0.05) is 20.8 Å². The predicted octanol–water partition coefficient (Wildman–Crippen LogP) is 4.10. The van der Waals surface area contributed by atoms with E-state index in [9.17, 15) is 4.39 Å². The average Bonchev–Trinajstić information content (AvgIpc) is 2.69. The Balaban J connectivity index is 2.65. The molecular weight excluding hydrogens is 215 g/mol. The van der Waals surface area contributed by atoms with Crippen molar-refractivity contribution in [2.24, 2.45) is 0 Å². The fourth-order valence-electron chi connectivity index (χ4n) is 2.35. The van der Waals surface area contributed by atoms with Crippen molar-refractivity contribution in [2.45, 2.75) is 46.1 Å². The molecule has 17 heavy (non-hydrogen) atoms. The summed E-state index contributed by atoms with van der Waals surface area (Å²) >= 11 is 0. The highest BCUT2D eigenvalue weighted by molar-refractivity contribution is 5.82. The van der Waals surface area contributed by atoms with Gasteiger partial charge in [0.2, 0.25) is 0 Å². The summed E-state index contributed by atoms with van der Waals surface area (Å²) in [4.78, 5) is 0. The number of nitrogens with zero attached hydrogens (tertiary/aromatic N) is 2. The minimum atomic E-state index is -0.188. The van der Waals surface area contributed by atoms with E-state index in [4.69, 9.17) is 0 Å². The zero-order valence-corrected chi connectivity index (χ0v) is 10.7. The summed E-state index contributed by atoms with van der Waals surface area (Å²) < 4.78 is 15.4. The molecule has 0 spiro atoms. The molecule has 1 aromatic heterocycles. The van der Waals surface area contributed by atoms with Crippen molar-refractivity contribution in [1.82, 2.24) is 9.78 Å². The lowest BCUT2D eigenvalue weighted by atomic mass is 10.1. The molecule has 0 bridgehead atoms. The SMILES string of the molecule is CCc1nn(C(CC)CC)c2cc(F)ccc12. The number of halogens is 1. The Morgan fingerprint density at radius 3 is 2.53 bits per heavy atom. The molecule has 1 aromatic carbocycles. The van der Waals surface area contributed by atoms with Crippen LogP contribution in [-0.2, 0) is 6.42 Å². The summed E-state index contributed by atoms with van der Waals surface area (Å²) in [5.74, 6) is -0.188. The Labute approximate surface area is 101 Å². The standard InChI is InChI=1S/C14H19FN2/c1-4-11(5-2)17-14-9-10(15)7-8-12(14)13(6-3)16-17/h7-9,11H,4-6H2,1-3H3. The van der Waals surface area contributed by atoms with E-state index in [-0.39, 0.29) is 5.82 Å². The normalized spacial score (nSPS) is 11.6. The van der Waals surface area contributed by atoms with Crippen LogP contribution < -0.4 is 0 Å². The highest BCUT2D eigenvalue weighted by Crippen LogP contribution is 2.26. The van der Waals surface area contributed by atoms with Crippen LogP contribution in [0.4, 0.5) is 4.39 Å². The molecule has 0 unspecified atom stereocenters. The van der Waals surface area contributed by atoms with Crippen molar-refractivity contribution in [3.63, 3.8) is 0 Å². The lowest BCUT2D eigenvalue weighted by Gasteiger charge is -2.14. The van der Waals surface area contributed by atoms with Gasteiger partial charge in [0.05, 0.1) is 17.3 Å². The first-order valence-electron chi connectivity index (χ1n) is 6.37. The highest BCUT2D eigenvalue weighted by Gasteiger charge is 2.15. The molecule has 2 nitrogen and oxygen atoms in total. The van der Waals surface area contributed by atoms with Gasteiger partial charge < -0.3 is 0 Å². The van der Waals surface area contributed by atoms with Crippen LogP contribution in [0, 0.1) is 5.82 Å². The van der Waals surface area contributed by atoms with E-state index in [2.05, 4.69) is 25.9 Å². The Morgan fingerprint density at radius 1 is 1.24 bits per heavy atom. The van der Waals surface area contributed by atoms with Gasteiger partial charge in [0.1, 0.15) is 5.82 Å². The third kappa shape index (κ3) is 2.06. The molecule has 0 fully saturated rings. The minimum absolute atomic E-state index is 0.188. The maximum atomic E-state index is 13.4. The Bertz CT molecular complexity index is 512. The number of aromatic nitrogens is 2. The first-order chi connectivity index (χ1) is 8.21. The van der Waals surface area contributed by atoms with E-state index in [0.29, 0.717) is 6.04 Å². The second-order valence-electron chi connectivity index (χ2n) is 4.38. The van der Waals surface area contributed by atoms with Crippen LogP contribution in [0.1, 0.15) is 45.3 Å². The summed E-state index contributed by atoms with van der Waals surface area (Å²) in [7, 11) is 0. The molecule has 0 atom stereocenters. The molecule has 0 N–H and O–H groups in total. The second-order valence-corrected chi connectivity index (χ2v) is 4.38. The summed E-state index contributed by atoms with van der Waals surface area (Å²) in [6.45, 7) is 6.38. The van der Waals surface area contributed by atoms with E-state index in [1.807, 2.05) is 10.7 Å². The van der Waals surface area contributed by atoms with Crippen LogP contribution in [-0.4, -0.2) is 9.78 Å². The highest BCUT2D eigenvalue weighted by atomic mass is 19.1. The molecule has 3 heteroatoms. The topological polar surface area (TPSA) is 17.8 Å². The smallest absolute Gasteiger partial charge is 0.125 e. The van der Waals surface area contributed by atoms with Crippen LogP contribution in [0.15, 0.2) is 18.2 Å². The molecule has 2 rings (SSSR count). The van der Waals surface area contributed by atoms with Crippen LogP contribution in [0.3, 0.4) is 0 Å². The molecule has 0 saturated carbocycles. The summed E-state index contributed by atoms with van der Waals surface area (Å²) in [6.07, 6.45) is 2.93. The minimum Gasteiger partial charge on any atom is -0.261 e. The van der Waals surface area contributed by atoms with Crippen LogP contribution >= 0.6 is 0 Å². The van der Waals surface area contributed by atoms with Gasteiger partial charge in [0.25, 0.3) is 0 Å². The molecule has 1 heterocycles. The molecule has 0 radical (unpaired) electrons. The molecule has 0 aliphatic heterocycles. The number of hydrogen-bond acceptors (Lipinski definition) is 1. The number of benzene rings is 1. The van der Waals surface area contributed by atoms with E-state index < -0.39 is 0 Å².